The van der Waals surface area contributed by atoms with E-state index >= 15 is 0 Å². The average Bonchev–Trinajstić information content (AvgIpc) is 3.21. The van der Waals surface area contributed by atoms with Crippen molar-refractivity contribution in [2.24, 2.45) is 0 Å². The Hall–Kier alpha value is -2.76. The molecular weight excluding hydrogens is 343 g/mol. The van der Waals surface area contributed by atoms with Crippen molar-refractivity contribution in [2.45, 2.75) is 12.8 Å². The third-order valence-corrected chi connectivity index (χ3v) is 3.18. The van der Waals surface area contributed by atoms with Crippen LogP contribution in [0, 0.1) is 0 Å². The molecule has 2 aromatic heterocycles. The van der Waals surface area contributed by atoms with E-state index in [-0.39, 0.29) is 49.8 Å². The molecule has 13 nitrogen and oxygen atoms in total. The van der Waals surface area contributed by atoms with E-state index in [0.29, 0.717) is 0 Å². The lowest BCUT2D eigenvalue weighted by Crippen LogP contribution is -2.15. The number of hydrogen-bond acceptors (Lipinski definition) is 9. The number of anilines is 2. The summed E-state index contributed by atoms with van der Waals surface area (Å²) in [6.45, 7) is -0.223. The molecule has 2 heterocycles. The highest BCUT2D eigenvalue weighted by Crippen LogP contribution is 2.23. The fourth-order valence-electron chi connectivity index (χ4n) is 1.38. The highest BCUT2D eigenvalue weighted by atomic mass is 31.1. The summed E-state index contributed by atoms with van der Waals surface area (Å²) in [5.41, 5.74) is 0. The number of carbonyl (C=O) groups is 2. The summed E-state index contributed by atoms with van der Waals surface area (Å²) < 4.78 is 21.1. The molecule has 0 aliphatic carbocycles. The van der Waals surface area contributed by atoms with Crippen LogP contribution < -0.4 is 10.6 Å². The Balaban J connectivity index is 1.51. The number of aromatic amines is 2. The zero-order valence-corrected chi connectivity index (χ0v) is 13.2. The van der Waals surface area contributed by atoms with Crippen LogP contribution in [0.25, 0.3) is 0 Å². The van der Waals surface area contributed by atoms with Crippen molar-refractivity contribution >= 4 is 32.0 Å². The van der Waals surface area contributed by atoms with E-state index in [0.717, 1.165) is 0 Å². The maximum Gasteiger partial charge on any atom is 0.697 e. The number of H-pyrrole nitrogens is 2. The largest absolute Gasteiger partial charge is 0.697 e. The standard InChI is InChI=1S/C10H13N8O5P/c19-7(15-9-11-5-13-17-9)1-3-22-24(21)23-4-2-8(20)16-10-12-6-14-18-10/h5-6H,1-4H2,(H3-,11,12,13,14,15,16,17,18,19,20)/p+1. The minimum atomic E-state index is -2.42. The molecule has 0 aliphatic heterocycles. The predicted molar refractivity (Wildman–Crippen MR) is 78.8 cm³/mol. The van der Waals surface area contributed by atoms with E-state index < -0.39 is 8.25 Å². The van der Waals surface area contributed by atoms with Crippen molar-refractivity contribution in [1.29, 1.82) is 0 Å². The Morgan fingerprint density at radius 2 is 1.42 bits per heavy atom. The SMILES string of the molecule is O=C(CCO[P+](=O)OCCC(=O)Nc1ncn[nH]1)Nc1ncn[nH]1. The van der Waals surface area contributed by atoms with Gasteiger partial charge in [-0.3, -0.25) is 20.2 Å². The summed E-state index contributed by atoms with van der Waals surface area (Å²) in [6.07, 6.45) is 2.40. The van der Waals surface area contributed by atoms with Gasteiger partial charge in [-0.25, -0.2) is 10.2 Å². The van der Waals surface area contributed by atoms with Crippen molar-refractivity contribution in [1.82, 2.24) is 30.4 Å². The second kappa shape index (κ2) is 9.39. The first-order chi connectivity index (χ1) is 11.6. The Morgan fingerprint density at radius 1 is 0.958 bits per heavy atom. The van der Waals surface area contributed by atoms with Crippen molar-refractivity contribution in [3.8, 4) is 0 Å². The maximum absolute atomic E-state index is 11.5. The first kappa shape index (κ1) is 17.6. The van der Waals surface area contributed by atoms with Gasteiger partial charge in [0, 0.05) is 4.57 Å². The smallest absolute Gasteiger partial charge is 0.295 e. The zero-order chi connectivity index (χ0) is 17.2. The van der Waals surface area contributed by atoms with Crippen molar-refractivity contribution in [2.75, 3.05) is 23.8 Å². The molecule has 128 valence electrons. The van der Waals surface area contributed by atoms with Gasteiger partial charge in [-0.15, -0.1) is 9.05 Å². The minimum Gasteiger partial charge on any atom is -0.295 e. The molecule has 0 aromatic carbocycles. The number of aromatic nitrogens is 6. The topological polar surface area (TPSA) is 177 Å². The van der Waals surface area contributed by atoms with Gasteiger partial charge in [0.2, 0.25) is 23.7 Å². The third-order valence-electron chi connectivity index (χ3n) is 2.40. The molecule has 0 fully saturated rings. The molecule has 4 N–H and O–H groups in total. The van der Waals surface area contributed by atoms with E-state index in [9.17, 15) is 14.2 Å². The summed E-state index contributed by atoms with van der Waals surface area (Å²) in [4.78, 5) is 30.4. The molecular formula is C10H14N8O5P+. The molecule has 2 aromatic rings. The highest BCUT2D eigenvalue weighted by Gasteiger charge is 2.21. The normalized spacial score (nSPS) is 10.3. The van der Waals surface area contributed by atoms with Gasteiger partial charge in [0.25, 0.3) is 0 Å². The fourth-order valence-corrected chi connectivity index (χ4v) is 1.94. The zero-order valence-electron chi connectivity index (χ0n) is 12.3. The van der Waals surface area contributed by atoms with E-state index in [2.05, 4.69) is 41.0 Å². The molecule has 2 rings (SSSR count). The van der Waals surface area contributed by atoms with Crippen LogP contribution in [0.3, 0.4) is 0 Å². The van der Waals surface area contributed by atoms with Crippen LogP contribution in [-0.2, 0) is 23.2 Å². The lowest BCUT2D eigenvalue weighted by atomic mass is 10.4. The summed E-state index contributed by atoms with van der Waals surface area (Å²) >= 11 is 0. The van der Waals surface area contributed by atoms with Crippen LogP contribution in [0.1, 0.15) is 12.8 Å². The minimum absolute atomic E-state index is 0.0445. The van der Waals surface area contributed by atoms with E-state index in [4.69, 9.17) is 9.05 Å². The molecule has 0 aliphatic rings. The van der Waals surface area contributed by atoms with Gasteiger partial charge in [0.05, 0.1) is 12.8 Å². The maximum atomic E-state index is 11.5. The van der Waals surface area contributed by atoms with Gasteiger partial charge in [-0.1, -0.05) is 0 Å². The number of hydrogen-bond donors (Lipinski definition) is 4. The van der Waals surface area contributed by atoms with Gasteiger partial charge in [0.15, 0.2) is 0 Å². The van der Waals surface area contributed by atoms with Gasteiger partial charge in [-0.2, -0.15) is 20.2 Å². The van der Waals surface area contributed by atoms with Crippen LogP contribution in [0.15, 0.2) is 12.7 Å². The Morgan fingerprint density at radius 3 is 1.79 bits per heavy atom. The average molecular weight is 357 g/mol. The van der Waals surface area contributed by atoms with E-state index in [1.807, 2.05) is 0 Å². The molecule has 0 atom stereocenters. The first-order valence-electron chi connectivity index (χ1n) is 6.67. The quantitative estimate of drug-likeness (QED) is 0.425. The van der Waals surface area contributed by atoms with E-state index in [1.54, 1.807) is 0 Å². The Labute approximate surface area is 135 Å². The number of carbonyl (C=O) groups excluding carboxylic acids is 2. The van der Waals surface area contributed by atoms with E-state index in [1.165, 1.54) is 12.7 Å². The van der Waals surface area contributed by atoms with Gasteiger partial charge < -0.3 is 0 Å². The van der Waals surface area contributed by atoms with Crippen LogP contribution >= 0.6 is 8.25 Å². The van der Waals surface area contributed by atoms with Crippen molar-refractivity contribution < 1.29 is 23.2 Å². The number of rotatable bonds is 10. The molecule has 2 amide bonds. The first-order valence-corrected chi connectivity index (χ1v) is 7.76. The van der Waals surface area contributed by atoms with Crippen LogP contribution in [0.2, 0.25) is 0 Å². The molecule has 0 saturated heterocycles. The van der Waals surface area contributed by atoms with Crippen LogP contribution in [-0.4, -0.2) is 55.4 Å². The summed E-state index contributed by atoms with van der Waals surface area (Å²) in [6, 6.07) is 0. The summed E-state index contributed by atoms with van der Waals surface area (Å²) in [5.74, 6) is -0.361. The fraction of sp³-hybridized carbons (Fsp3) is 0.400. The third kappa shape index (κ3) is 6.56. The predicted octanol–water partition coefficient (Wildman–Crippen LogP) is -0.0292. The molecule has 0 radical (unpaired) electrons. The molecule has 0 saturated carbocycles. The number of amides is 2. The van der Waals surface area contributed by atoms with Gasteiger partial charge >= 0.3 is 8.25 Å². The van der Waals surface area contributed by atoms with Crippen LogP contribution in [0.5, 0.6) is 0 Å². The molecule has 0 bridgehead atoms. The Kier molecular flexibility index (Phi) is 6.89. The Bertz CT molecular complexity index is 605. The molecule has 0 spiro atoms. The van der Waals surface area contributed by atoms with Gasteiger partial charge in [-0.05, 0) is 0 Å². The monoisotopic (exact) mass is 357 g/mol. The number of nitrogens with one attached hydrogen (secondary N) is 4. The summed E-state index contributed by atoms with van der Waals surface area (Å²) in [5, 5.41) is 16.9. The van der Waals surface area contributed by atoms with Gasteiger partial charge in [0.1, 0.15) is 25.9 Å². The van der Waals surface area contributed by atoms with Crippen molar-refractivity contribution in [3.05, 3.63) is 12.7 Å². The van der Waals surface area contributed by atoms with Crippen molar-refractivity contribution in [3.63, 3.8) is 0 Å². The highest BCUT2D eigenvalue weighted by molar-refractivity contribution is 7.33. The molecule has 14 heteroatoms. The second-order valence-electron chi connectivity index (χ2n) is 4.15. The lowest BCUT2D eigenvalue weighted by Gasteiger charge is -1.98. The number of nitrogens with zero attached hydrogens (tertiary/aromatic N) is 4. The van der Waals surface area contributed by atoms with Crippen LogP contribution in [0.4, 0.5) is 11.9 Å². The lowest BCUT2D eigenvalue weighted by molar-refractivity contribution is -0.117. The molecule has 0 unspecified atom stereocenters. The second-order valence-corrected chi connectivity index (χ2v) is 5.12. The molecule has 24 heavy (non-hydrogen) atoms. The summed E-state index contributed by atoms with van der Waals surface area (Å²) in [7, 11) is -2.42.